The number of esters is 4. The van der Waals surface area contributed by atoms with Gasteiger partial charge in [-0.25, -0.2) is 9.13 Å². The second kappa shape index (κ2) is 64.1. The zero-order chi connectivity index (χ0) is 67.2. The van der Waals surface area contributed by atoms with Crippen LogP contribution in [0.5, 0.6) is 0 Å². The molecule has 5 atom stereocenters. The summed E-state index contributed by atoms with van der Waals surface area (Å²) in [5.41, 5.74) is 0. The van der Waals surface area contributed by atoms with Gasteiger partial charge < -0.3 is 33.8 Å². The summed E-state index contributed by atoms with van der Waals surface area (Å²) >= 11 is 0. The van der Waals surface area contributed by atoms with Crippen molar-refractivity contribution in [3.63, 3.8) is 0 Å². The SMILES string of the molecule is CCCCCCCCCCCCCCCCCCCCC(=O)O[C@H](COC(=O)CCCCCCCCCCC(C)C)COP(=O)(O)OC[C@@H](O)COP(=O)(O)OC[C@@H](COC(=O)CCCCCCCCCCCCC)OC(=O)CCCCCCCCCCC(C)C. The van der Waals surface area contributed by atoms with Crippen LogP contribution in [0.2, 0.25) is 0 Å². The molecule has 0 aliphatic rings. The highest BCUT2D eigenvalue weighted by Gasteiger charge is 2.30. The van der Waals surface area contributed by atoms with Crippen LogP contribution < -0.4 is 0 Å². The lowest BCUT2D eigenvalue weighted by Gasteiger charge is -2.21. The van der Waals surface area contributed by atoms with Crippen LogP contribution in [0.25, 0.3) is 0 Å². The molecule has 19 heteroatoms. The van der Waals surface area contributed by atoms with E-state index in [-0.39, 0.29) is 25.7 Å². The normalized spacial score (nSPS) is 14.1. The summed E-state index contributed by atoms with van der Waals surface area (Å²) in [5.74, 6) is -0.678. The molecule has 0 aromatic rings. The number of hydrogen-bond acceptors (Lipinski definition) is 15. The fraction of sp³-hybridized carbons (Fsp3) is 0.944. The summed E-state index contributed by atoms with van der Waals surface area (Å²) in [7, 11) is -9.90. The Morgan fingerprint density at radius 2 is 0.505 bits per heavy atom. The molecule has 2 unspecified atom stereocenters. The highest BCUT2D eigenvalue weighted by Crippen LogP contribution is 2.45. The first-order chi connectivity index (χ1) is 43.9. The molecule has 0 bridgehead atoms. The van der Waals surface area contributed by atoms with Gasteiger partial charge in [0, 0.05) is 25.7 Å². The van der Waals surface area contributed by atoms with Gasteiger partial charge in [0.05, 0.1) is 26.4 Å². The maximum absolute atomic E-state index is 13.0. The number of phosphoric acid groups is 2. The minimum absolute atomic E-state index is 0.105. The molecule has 0 saturated carbocycles. The van der Waals surface area contributed by atoms with E-state index in [1.165, 1.54) is 186 Å². The molecule has 91 heavy (non-hydrogen) atoms. The number of hydrogen-bond donors (Lipinski definition) is 3. The Balaban J connectivity index is 5.22. The molecular formula is C72H140O17P2. The Morgan fingerprint density at radius 3 is 0.747 bits per heavy atom. The minimum atomic E-state index is -4.95. The third-order valence-corrected chi connectivity index (χ3v) is 18.6. The second-order valence-electron chi connectivity index (χ2n) is 26.9. The predicted octanol–water partition coefficient (Wildman–Crippen LogP) is 20.8. The topological polar surface area (TPSA) is 237 Å². The lowest BCUT2D eigenvalue weighted by atomic mass is 10.0. The molecule has 0 aliphatic carbocycles. The maximum atomic E-state index is 13.0. The van der Waals surface area contributed by atoms with Crippen LogP contribution in [-0.2, 0) is 65.4 Å². The molecule has 0 amide bonds. The van der Waals surface area contributed by atoms with Crippen molar-refractivity contribution >= 4 is 39.5 Å². The number of ether oxygens (including phenoxy) is 4. The molecule has 17 nitrogen and oxygen atoms in total. The molecule has 0 aromatic carbocycles. The van der Waals surface area contributed by atoms with E-state index >= 15 is 0 Å². The van der Waals surface area contributed by atoms with Gasteiger partial charge in [-0.2, -0.15) is 0 Å². The summed E-state index contributed by atoms with van der Waals surface area (Å²) in [6, 6.07) is 0. The van der Waals surface area contributed by atoms with Gasteiger partial charge in [0.25, 0.3) is 0 Å². The largest absolute Gasteiger partial charge is 0.472 e. The number of carbonyl (C=O) groups excluding carboxylic acids is 4. The van der Waals surface area contributed by atoms with Gasteiger partial charge >= 0.3 is 39.5 Å². The lowest BCUT2D eigenvalue weighted by molar-refractivity contribution is -0.161. The van der Waals surface area contributed by atoms with E-state index in [1.807, 2.05) is 0 Å². The third kappa shape index (κ3) is 66.5. The average Bonchev–Trinajstić information content (AvgIpc) is 3.46. The fourth-order valence-electron chi connectivity index (χ4n) is 10.9. The zero-order valence-corrected chi connectivity index (χ0v) is 60.9. The quantitative estimate of drug-likeness (QED) is 0.0222. The maximum Gasteiger partial charge on any atom is 0.472 e. The number of phosphoric ester groups is 2. The van der Waals surface area contributed by atoms with Crippen molar-refractivity contribution in [2.45, 2.75) is 387 Å². The van der Waals surface area contributed by atoms with Gasteiger partial charge in [0.1, 0.15) is 19.3 Å². The third-order valence-electron chi connectivity index (χ3n) is 16.7. The monoisotopic (exact) mass is 1340 g/mol. The Bertz CT molecular complexity index is 1770. The van der Waals surface area contributed by atoms with E-state index in [0.717, 1.165) is 102 Å². The van der Waals surface area contributed by atoms with Gasteiger partial charge in [0.15, 0.2) is 12.2 Å². The molecule has 0 fully saturated rings. The molecule has 0 saturated heterocycles. The fourth-order valence-corrected chi connectivity index (χ4v) is 12.5. The highest BCUT2D eigenvalue weighted by molar-refractivity contribution is 7.47. The molecule has 3 N–H and O–H groups in total. The molecule has 540 valence electrons. The van der Waals surface area contributed by atoms with Crippen LogP contribution >= 0.6 is 15.6 Å². The van der Waals surface area contributed by atoms with E-state index < -0.39 is 97.5 Å². The van der Waals surface area contributed by atoms with Crippen LogP contribution in [0.1, 0.15) is 369 Å². The summed E-state index contributed by atoms with van der Waals surface area (Å²) in [6.45, 7) is 9.49. The van der Waals surface area contributed by atoms with Crippen molar-refractivity contribution in [2.75, 3.05) is 39.6 Å². The summed E-state index contributed by atoms with van der Waals surface area (Å²) < 4.78 is 68.3. The number of rotatable bonds is 71. The Morgan fingerprint density at radius 1 is 0.297 bits per heavy atom. The van der Waals surface area contributed by atoms with Crippen molar-refractivity contribution < 1.29 is 80.2 Å². The van der Waals surface area contributed by atoms with Gasteiger partial charge in [-0.3, -0.25) is 37.3 Å². The number of aliphatic hydroxyl groups excluding tert-OH is 1. The first kappa shape index (κ1) is 89.1. The van der Waals surface area contributed by atoms with Crippen LogP contribution in [0.4, 0.5) is 0 Å². The van der Waals surface area contributed by atoms with Crippen molar-refractivity contribution in [1.29, 1.82) is 0 Å². The molecule has 0 rings (SSSR count). The Labute approximate surface area is 556 Å². The summed E-state index contributed by atoms with van der Waals surface area (Å²) in [4.78, 5) is 72.6. The van der Waals surface area contributed by atoms with Gasteiger partial charge in [-0.05, 0) is 37.5 Å². The van der Waals surface area contributed by atoms with Crippen molar-refractivity contribution in [3.05, 3.63) is 0 Å². The van der Waals surface area contributed by atoms with Crippen LogP contribution in [0.15, 0.2) is 0 Å². The second-order valence-corrected chi connectivity index (χ2v) is 29.8. The van der Waals surface area contributed by atoms with Gasteiger partial charge in [0.2, 0.25) is 0 Å². The predicted molar refractivity (Wildman–Crippen MR) is 368 cm³/mol. The Kier molecular flexibility index (Phi) is 62.7. The van der Waals surface area contributed by atoms with Crippen molar-refractivity contribution in [2.24, 2.45) is 11.8 Å². The van der Waals surface area contributed by atoms with Gasteiger partial charge in [-0.15, -0.1) is 0 Å². The van der Waals surface area contributed by atoms with Crippen LogP contribution in [0.3, 0.4) is 0 Å². The zero-order valence-electron chi connectivity index (χ0n) is 59.1. The number of aliphatic hydroxyl groups is 1. The average molecular weight is 1340 g/mol. The summed E-state index contributed by atoms with van der Waals surface area (Å²) in [6.07, 6.45) is 50.0. The van der Waals surface area contributed by atoms with Gasteiger partial charge in [-0.1, -0.05) is 318 Å². The molecule has 0 spiro atoms. The Hall–Kier alpha value is -1.94. The molecule has 0 aliphatic heterocycles. The standard InChI is InChI=1S/C72H140O17P2/c1-7-9-11-13-15-17-19-20-21-22-23-24-25-27-29-38-44-50-56-71(76)88-67(61-83-70(75)55-49-43-37-32-30-34-40-46-52-64(3)4)62-86-90(78,79)84-58-66(73)59-85-91(80,81)87-63-68(89-72(77)57-51-45-39-33-31-35-41-47-53-65(5)6)60-82-69(74)54-48-42-36-28-26-18-16-14-12-10-8-2/h64-68,73H,7-63H2,1-6H3,(H,78,79)(H,80,81)/t66-,67-,68-/m1/s1. The van der Waals surface area contributed by atoms with Crippen molar-refractivity contribution in [3.8, 4) is 0 Å². The number of unbranched alkanes of at least 4 members (excludes halogenated alkanes) is 41. The number of carbonyl (C=O) groups is 4. The van der Waals surface area contributed by atoms with Crippen molar-refractivity contribution in [1.82, 2.24) is 0 Å². The smallest absolute Gasteiger partial charge is 0.462 e. The van der Waals surface area contributed by atoms with E-state index in [4.69, 9.17) is 37.0 Å². The highest BCUT2D eigenvalue weighted by atomic mass is 31.2. The van der Waals surface area contributed by atoms with Crippen LogP contribution in [-0.4, -0.2) is 96.7 Å². The summed E-state index contributed by atoms with van der Waals surface area (Å²) in [5, 5.41) is 10.6. The first-order valence-corrected chi connectivity index (χ1v) is 40.5. The van der Waals surface area contributed by atoms with E-state index in [2.05, 4.69) is 41.5 Å². The van der Waals surface area contributed by atoms with E-state index in [1.54, 1.807) is 0 Å². The molecular weight excluding hydrogens is 1200 g/mol. The van der Waals surface area contributed by atoms with Crippen LogP contribution in [0, 0.1) is 11.8 Å². The van der Waals surface area contributed by atoms with E-state index in [0.29, 0.717) is 25.7 Å². The first-order valence-electron chi connectivity index (χ1n) is 37.5. The molecule has 0 heterocycles. The molecule has 0 radical (unpaired) electrons. The lowest BCUT2D eigenvalue weighted by Crippen LogP contribution is -2.30. The van der Waals surface area contributed by atoms with E-state index in [9.17, 15) is 43.2 Å². The minimum Gasteiger partial charge on any atom is -0.462 e. The molecule has 0 aromatic heterocycles.